The van der Waals surface area contributed by atoms with Crippen molar-refractivity contribution in [3.8, 4) is 0 Å². The summed E-state index contributed by atoms with van der Waals surface area (Å²) in [5.41, 5.74) is 6.62. The first-order valence-electron chi connectivity index (χ1n) is 6.22. The number of carbonyl (C=O) groups excluding carboxylic acids is 1. The van der Waals surface area contributed by atoms with Gasteiger partial charge in [-0.25, -0.2) is 0 Å². The van der Waals surface area contributed by atoms with Crippen LogP contribution in [0.2, 0.25) is 0 Å². The van der Waals surface area contributed by atoms with E-state index in [0.29, 0.717) is 24.8 Å². The van der Waals surface area contributed by atoms with Crippen LogP contribution in [0.5, 0.6) is 0 Å². The largest absolute Gasteiger partial charge is 0.366 e. The maximum absolute atomic E-state index is 11.2. The van der Waals surface area contributed by atoms with Crippen molar-refractivity contribution in [2.75, 3.05) is 26.4 Å². The lowest BCUT2D eigenvalue weighted by Crippen LogP contribution is -2.16. The molecule has 0 aliphatic carbocycles. The molecule has 0 saturated heterocycles. The van der Waals surface area contributed by atoms with Crippen molar-refractivity contribution in [2.45, 2.75) is 32.6 Å². The number of rotatable bonds is 9. The first kappa shape index (κ1) is 18.1. The van der Waals surface area contributed by atoms with E-state index < -0.39 is 16.0 Å². The Labute approximate surface area is 115 Å². The van der Waals surface area contributed by atoms with Crippen LogP contribution in [0.3, 0.4) is 0 Å². The average Bonchev–Trinajstić information content (AvgIpc) is 2.23. The van der Waals surface area contributed by atoms with Gasteiger partial charge in [0.1, 0.15) is 0 Å². The van der Waals surface area contributed by atoms with Gasteiger partial charge in [-0.3, -0.25) is 9.35 Å². The molecule has 6 nitrogen and oxygen atoms in total. The van der Waals surface area contributed by atoms with E-state index in [9.17, 15) is 13.2 Å². The van der Waals surface area contributed by atoms with E-state index in [2.05, 4.69) is 0 Å². The van der Waals surface area contributed by atoms with Crippen molar-refractivity contribution < 1.29 is 17.8 Å². The van der Waals surface area contributed by atoms with Crippen molar-refractivity contribution in [1.29, 1.82) is 0 Å². The monoisotopic (exact) mass is 292 g/mol. The van der Waals surface area contributed by atoms with Gasteiger partial charge < -0.3 is 10.6 Å². The smallest absolute Gasteiger partial charge is 0.264 e. The van der Waals surface area contributed by atoms with Gasteiger partial charge in [0.15, 0.2) is 0 Å². The van der Waals surface area contributed by atoms with Crippen molar-refractivity contribution in [3.63, 3.8) is 0 Å². The second kappa shape index (κ2) is 8.29. The third-order valence-corrected chi connectivity index (χ3v) is 3.67. The zero-order valence-electron chi connectivity index (χ0n) is 11.8. The van der Waals surface area contributed by atoms with E-state index in [4.69, 9.17) is 10.3 Å². The molecule has 3 N–H and O–H groups in total. The number of amides is 1. The fraction of sp³-hybridized carbons (Fsp3) is 0.750. The molecule has 1 amide bonds. The number of hydrogen-bond acceptors (Lipinski definition) is 4. The minimum atomic E-state index is -3.95. The molecule has 0 bridgehead atoms. The highest BCUT2D eigenvalue weighted by atomic mass is 32.2. The standard InChI is InChI=1S/C12H24N2O4S/c1-10(12(13)15)11(6-4-8-14(2)3)7-5-9-19(16,17)18/h4-9H2,1-3H3,(H2,13,15)(H,16,17,18). The average molecular weight is 292 g/mol. The minimum absolute atomic E-state index is 0.292. The highest BCUT2D eigenvalue weighted by Gasteiger charge is 2.10. The van der Waals surface area contributed by atoms with Crippen LogP contribution in [-0.2, 0) is 14.9 Å². The molecule has 0 heterocycles. The summed E-state index contributed by atoms with van der Waals surface area (Å²) in [7, 11) is -0.0247. The van der Waals surface area contributed by atoms with Crippen molar-refractivity contribution in [1.82, 2.24) is 4.90 Å². The van der Waals surface area contributed by atoms with E-state index >= 15 is 0 Å². The quantitative estimate of drug-likeness (QED) is 0.483. The second-order valence-electron chi connectivity index (χ2n) is 4.89. The maximum atomic E-state index is 11.2. The second-order valence-corrected chi connectivity index (χ2v) is 6.46. The number of nitrogens with two attached hydrogens (primary N) is 1. The number of allylic oxidation sites excluding steroid dienone is 1. The Morgan fingerprint density at radius 2 is 1.74 bits per heavy atom. The van der Waals surface area contributed by atoms with Crippen LogP contribution in [0.25, 0.3) is 0 Å². The number of hydrogen-bond donors (Lipinski definition) is 2. The SMILES string of the molecule is CC(C(N)=O)=C(CCCN(C)C)CCCS(=O)(=O)O. The Balaban J connectivity index is 4.53. The normalized spacial score (nSPS) is 13.5. The molecule has 0 aromatic carbocycles. The van der Waals surface area contributed by atoms with Crippen molar-refractivity contribution in [3.05, 3.63) is 11.1 Å². The van der Waals surface area contributed by atoms with Crippen LogP contribution in [-0.4, -0.2) is 50.2 Å². The first-order valence-corrected chi connectivity index (χ1v) is 7.82. The molecule has 0 aromatic heterocycles. The van der Waals surface area contributed by atoms with Gasteiger partial charge in [0, 0.05) is 5.57 Å². The van der Waals surface area contributed by atoms with Gasteiger partial charge in [0.25, 0.3) is 10.1 Å². The zero-order chi connectivity index (χ0) is 15.1. The molecule has 0 unspecified atom stereocenters. The number of primary amides is 1. The van der Waals surface area contributed by atoms with Gasteiger partial charge in [0.2, 0.25) is 5.91 Å². The van der Waals surface area contributed by atoms with Crippen LogP contribution in [0.15, 0.2) is 11.1 Å². The fourth-order valence-electron chi connectivity index (χ4n) is 1.75. The summed E-state index contributed by atoms with van der Waals surface area (Å²) in [6.07, 6.45) is 2.33. The molecular weight excluding hydrogens is 268 g/mol. The van der Waals surface area contributed by atoms with E-state index in [1.165, 1.54) is 0 Å². The Morgan fingerprint density at radius 1 is 1.21 bits per heavy atom. The van der Waals surface area contributed by atoms with E-state index in [0.717, 1.165) is 18.5 Å². The third-order valence-electron chi connectivity index (χ3n) is 2.86. The van der Waals surface area contributed by atoms with Crippen molar-refractivity contribution >= 4 is 16.0 Å². The summed E-state index contributed by atoms with van der Waals surface area (Å²) < 4.78 is 30.0. The summed E-state index contributed by atoms with van der Waals surface area (Å²) in [5.74, 6) is -0.775. The molecule has 0 rings (SSSR count). The Hall–Kier alpha value is -0.920. The van der Waals surface area contributed by atoms with Gasteiger partial charge in [-0.15, -0.1) is 0 Å². The third kappa shape index (κ3) is 9.63. The molecule has 0 fully saturated rings. The van der Waals surface area contributed by atoms with Gasteiger partial charge in [-0.2, -0.15) is 8.42 Å². The van der Waals surface area contributed by atoms with Crippen LogP contribution >= 0.6 is 0 Å². The molecule has 0 spiro atoms. The molecular formula is C12H24N2O4S. The molecule has 0 aliphatic heterocycles. The summed E-state index contributed by atoms with van der Waals surface area (Å²) in [4.78, 5) is 13.2. The summed E-state index contributed by atoms with van der Waals surface area (Å²) in [6.45, 7) is 2.54. The van der Waals surface area contributed by atoms with Crippen molar-refractivity contribution in [2.24, 2.45) is 5.73 Å². The fourth-order valence-corrected chi connectivity index (χ4v) is 2.26. The summed E-state index contributed by atoms with van der Waals surface area (Å²) in [6, 6.07) is 0. The molecule has 0 aromatic rings. The molecule has 7 heteroatoms. The summed E-state index contributed by atoms with van der Waals surface area (Å²) in [5, 5.41) is 0. The lowest BCUT2D eigenvalue weighted by Gasteiger charge is -2.13. The highest BCUT2D eigenvalue weighted by Crippen LogP contribution is 2.18. The lowest BCUT2D eigenvalue weighted by atomic mass is 9.99. The van der Waals surface area contributed by atoms with Gasteiger partial charge in [-0.05, 0) is 53.2 Å². The Morgan fingerprint density at radius 3 is 2.16 bits per heavy atom. The van der Waals surface area contributed by atoms with Crippen LogP contribution < -0.4 is 5.73 Å². The Bertz CT molecular complexity index is 427. The topological polar surface area (TPSA) is 101 Å². The predicted octanol–water partition coefficient (Wildman–Crippen LogP) is 0.798. The lowest BCUT2D eigenvalue weighted by molar-refractivity contribution is -0.114. The molecule has 19 heavy (non-hydrogen) atoms. The molecule has 112 valence electrons. The van der Waals surface area contributed by atoms with Crippen LogP contribution in [0, 0.1) is 0 Å². The van der Waals surface area contributed by atoms with E-state index in [1.54, 1.807) is 6.92 Å². The van der Waals surface area contributed by atoms with E-state index in [1.807, 2.05) is 19.0 Å². The molecule has 0 radical (unpaired) electrons. The summed E-state index contributed by atoms with van der Waals surface area (Å²) >= 11 is 0. The highest BCUT2D eigenvalue weighted by molar-refractivity contribution is 7.85. The van der Waals surface area contributed by atoms with Crippen LogP contribution in [0.4, 0.5) is 0 Å². The van der Waals surface area contributed by atoms with E-state index in [-0.39, 0.29) is 5.75 Å². The van der Waals surface area contributed by atoms with Gasteiger partial charge in [-0.1, -0.05) is 5.57 Å². The number of nitrogens with zero attached hydrogens (tertiary/aromatic N) is 1. The maximum Gasteiger partial charge on any atom is 0.264 e. The van der Waals surface area contributed by atoms with Crippen LogP contribution in [0.1, 0.15) is 32.6 Å². The molecule has 0 aliphatic rings. The van der Waals surface area contributed by atoms with Gasteiger partial charge in [0.05, 0.1) is 5.75 Å². The number of carbonyl (C=O) groups is 1. The Kier molecular flexibility index (Phi) is 7.89. The zero-order valence-corrected chi connectivity index (χ0v) is 12.7. The molecule has 0 atom stereocenters. The molecule has 0 saturated carbocycles. The minimum Gasteiger partial charge on any atom is -0.366 e. The predicted molar refractivity (Wildman–Crippen MR) is 75.3 cm³/mol. The van der Waals surface area contributed by atoms with Gasteiger partial charge >= 0.3 is 0 Å². The first-order chi connectivity index (χ1) is 8.63.